The van der Waals surface area contributed by atoms with E-state index in [1.165, 1.54) is 0 Å². The van der Waals surface area contributed by atoms with Crippen LogP contribution in [0.4, 0.5) is 5.82 Å². The van der Waals surface area contributed by atoms with Gasteiger partial charge in [0, 0.05) is 49.6 Å². The molecule has 1 saturated heterocycles. The maximum Gasteiger partial charge on any atom is 0.358 e. The lowest BCUT2D eigenvalue weighted by molar-refractivity contribution is -0.129. The van der Waals surface area contributed by atoms with Gasteiger partial charge in [-0.3, -0.25) is 0 Å². The minimum absolute atomic E-state index is 0.0565. The monoisotopic (exact) mass is 344 g/mol. The fourth-order valence-electron chi connectivity index (χ4n) is 4.82. The number of anilines is 1. The molecular formula is C18H24N4O3. The third kappa shape index (κ3) is 2.25. The van der Waals surface area contributed by atoms with E-state index in [4.69, 9.17) is 9.47 Å². The van der Waals surface area contributed by atoms with Crippen LogP contribution in [0, 0.1) is 11.3 Å². The minimum Gasteiger partial charge on any atom is -0.461 e. The number of nitrogens with zero attached hydrogens (tertiary/aromatic N) is 4. The van der Waals surface area contributed by atoms with Crippen molar-refractivity contribution in [1.29, 1.82) is 0 Å². The number of carbonyl (C=O) groups excluding carboxylic acids is 1. The van der Waals surface area contributed by atoms with Gasteiger partial charge in [-0.15, -0.1) is 0 Å². The summed E-state index contributed by atoms with van der Waals surface area (Å²) in [6.45, 7) is 7.54. The van der Waals surface area contributed by atoms with Crippen LogP contribution >= 0.6 is 0 Å². The van der Waals surface area contributed by atoms with Crippen molar-refractivity contribution in [1.82, 2.24) is 14.4 Å². The molecule has 3 atom stereocenters. The Morgan fingerprint density at radius 3 is 2.96 bits per heavy atom. The molecule has 2 aromatic heterocycles. The van der Waals surface area contributed by atoms with E-state index in [-0.39, 0.29) is 11.5 Å². The first-order valence-corrected chi connectivity index (χ1v) is 8.79. The smallest absolute Gasteiger partial charge is 0.358 e. The second kappa shape index (κ2) is 5.69. The molecule has 3 heterocycles. The van der Waals surface area contributed by atoms with E-state index >= 15 is 0 Å². The van der Waals surface area contributed by atoms with Crippen LogP contribution < -0.4 is 4.90 Å². The molecule has 0 bridgehead atoms. The van der Waals surface area contributed by atoms with Crippen LogP contribution in [0.1, 0.15) is 37.7 Å². The van der Waals surface area contributed by atoms with Gasteiger partial charge in [-0.05, 0) is 13.3 Å². The lowest BCUT2D eigenvalue weighted by Gasteiger charge is -2.56. The molecule has 0 N–H and O–H groups in total. The second-order valence-corrected chi connectivity index (χ2v) is 7.40. The van der Waals surface area contributed by atoms with E-state index in [0.717, 1.165) is 18.8 Å². The highest BCUT2D eigenvalue weighted by Crippen LogP contribution is 2.55. The largest absolute Gasteiger partial charge is 0.461 e. The SMILES string of the molecule is CCOC(=O)c1cn2ccnc(N3CC[C@@H]4C(OC)C(C)(C)[C@@H]43)c2n1. The van der Waals surface area contributed by atoms with Crippen molar-refractivity contribution in [2.75, 3.05) is 25.2 Å². The normalized spacial score (nSPS) is 27.2. The molecule has 1 aliphatic heterocycles. The van der Waals surface area contributed by atoms with Crippen LogP contribution in [0.3, 0.4) is 0 Å². The molecule has 0 amide bonds. The molecule has 0 spiro atoms. The molecule has 2 aromatic rings. The van der Waals surface area contributed by atoms with Gasteiger partial charge in [0.25, 0.3) is 0 Å². The summed E-state index contributed by atoms with van der Waals surface area (Å²) in [6.07, 6.45) is 6.63. The van der Waals surface area contributed by atoms with Crippen molar-refractivity contribution in [2.45, 2.75) is 39.3 Å². The van der Waals surface area contributed by atoms with E-state index in [2.05, 4.69) is 28.7 Å². The number of fused-ring (bicyclic) bond motifs is 2. The molecule has 7 heteroatoms. The second-order valence-electron chi connectivity index (χ2n) is 7.40. The third-order valence-electron chi connectivity index (χ3n) is 5.70. The summed E-state index contributed by atoms with van der Waals surface area (Å²) in [4.78, 5) is 23.4. The summed E-state index contributed by atoms with van der Waals surface area (Å²) >= 11 is 0. The number of aromatic nitrogens is 3. The van der Waals surface area contributed by atoms with Crippen molar-refractivity contribution in [3.8, 4) is 0 Å². The maximum atomic E-state index is 12.0. The van der Waals surface area contributed by atoms with Gasteiger partial charge in [0.15, 0.2) is 17.2 Å². The molecule has 1 saturated carbocycles. The Hall–Kier alpha value is -2.15. The minimum atomic E-state index is -0.403. The Labute approximate surface area is 147 Å². The molecule has 4 rings (SSSR count). The van der Waals surface area contributed by atoms with Gasteiger partial charge in [0.2, 0.25) is 0 Å². The number of rotatable bonds is 4. The lowest BCUT2D eigenvalue weighted by atomic mass is 9.57. The summed E-state index contributed by atoms with van der Waals surface area (Å²) in [5, 5.41) is 0. The highest BCUT2D eigenvalue weighted by Gasteiger charge is 2.62. The number of hydrogen-bond acceptors (Lipinski definition) is 6. The molecule has 1 aliphatic carbocycles. The number of ether oxygens (including phenoxy) is 2. The summed E-state index contributed by atoms with van der Waals surface area (Å²) in [5.74, 6) is 0.939. The summed E-state index contributed by atoms with van der Waals surface area (Å²) < 4.78 is 12.6. The lowest BCUT2D eigenvalue weighted by Crippen LogP contribution is -2.65. The summed E-state index contributed by atoms with van der Waals surface area (Å²) in [7, 11) is 1.80. The molecule has 2 fully saturated rings. The Morgan fingerprint density at radius 2 is 2.24 bits per heavy atom. The average molecular weight is 344 g/mol. The fourth-order valence-corrected chi connectivity index (χ4v) is 4.82. The van der Waals surface area contributed by atoms with Crippen LogP contribution in [0.25, 0.3) is 5.65 Å². The molecule has 1 unspecified atom stereocenters. The molecule has 0 radical (unpaired) electrons. The van der Waals surface area contributed by atoms with Crippen LogP contribution in [0.2, 0.25) is 0 Å². The zero-order valence-corrected chi connectivity index (χ0v) is 15.1. The topological polar surface area (TPSA) is 69.0 Å². The predicted molar refractivity (Wildman–Crippen MR) is 92.8 cm³/mol. The van der Waals surface area contributed by atoms with Gasteiger partial charge >= 0.3 is 5.97 Å². The van der Waals surface area contributed by atoms with Crippen LogP contribution in [0.15, 0.2) is 18.6 Å². The van der Waals surface area contributed by atoms with Crippen LogP contribution in [-0.2, 0) is 9.47 Å². The number of hydrogen-bond donors (Lipinski definition) is 0. The first-order chi connectivity index (χ1) is 12.0. The summed E-state index contributed by atoms with van der Waals surface area (Å²) in [6, 6.07) is 0.374. The highest BCUT2D eigenvalue weighted by molar-refractivity contribution is 5.88. The zero-order chi connectivity index (χ0) is 17.8. The van der Waals surface area contributed by atoms with Crippen LogP contribution in [-0.4, -0.2) is 52.7 Å². The van der Waals surface area contributed by atoms with Gasteiger partial charge in [-0.1, -0.05) is 13.8 Å². The average Bonchev–Trinajstić information content (AvgIpc) is 3.17. The van der Waals surface area contributed by atoms with Gasteiger partial charge in [-0.25, -0.2) is 14.8 Å². The summed E-state index contributed by atoms with van der Waals surface area (Å²) in [5.41, 5.74) is 1.07. The van der Waals surface area contributed by atoms with Gasteiger partial charge in [-0.2, -0.15) is 0 Å². The van der Waals surface area contributed by atoms with Crippen molar-refractivity contribution in [3.05, 3.63) is 24.3 Å². The molecule has 25 heavy (non-hydrogen) atoms. The first-order valence-electron chi connectivity index (χ1n) is 8.79. The molecule has 7 nitrogen and oxygen atoms in total. The maximum absolute atomic E-state index is 12.0. The van der Waals surface area contributed by atoms with Gasteiger partial charge in [0.1, 0.15) is 0 Å². The molecule has 0 aromatic carbocycles. The Kier molecular flexibility index (Phi) is 3.72. The van der Waals surface area contributed by atoms with Crippen molar-refractivity contribution in [2.24, 2.45) is 11.3 Å². The standard InChI is InChI=1S/C18H24N4O3/c1-5-25-17(23)12-10-21-9-7-19-15(16(21)20-12)22-8-6-11-13(22)18(2,3)14(11)24-4/h7,9-11,13-14H,5-6,8H2,1-4H3/t11-,13+,14?/m0/s1. The number of methoxy groups -OCH3 is 1. The quantitative estimate of drug-likeness (QED) is 0.792. The van der Waals surface area contributed by atoms with Crippen molar-refractivity contribution < 1.29 is 14.3 Å². The van der Waals surface area contributed by atoms with Crippen molar-refractivity contribution >= 4 is 17.4 Å². The van der Waals surface area contributed by atoms with Gasteiger partial charge in [0.05, 0.1) is 12.7 Å². The Balaban J connectivity index is 1.72. The fraction of sp³-hybridized carbons (Fsp3) is 0.611. The van der Waals surface area contributed by atoms with Gasteiger partial charge < -0.3 is 18.8 Å². The third-order valence-corrected chi connectivity index (χ3v) is 5.70. The Morgan fingerprint density at radius 1 is 1.44 bits per heavy atom. The van der Waals surface area contributed by atoms with E-state index in [1.54, 1.807) is 26.4 Å². The molecule has 2 aliphatic rings. The first kappa shape index (κ1) is 16.3. The Bertz CT molecular complexity index is 816. The van der Waals surface area contributed by atoms with E-state index in [9.17, 15) is 4.79 Å². The number of esters is 1. The highest BCUT2D eigenvalue weighted by atomic mass is 16.5. The van der Waals surface area contributed by atoms with E-state index in [0.29, 0.717) is 29.9 Å². The molecular weight excluding hydrogens is 320 g/mol. The van der Waals surface area contributed by atoms with E-state index in [1.807, 2.05) is 10.6 Å². The van der Waals surface area contributed by atoms with Crippen LogP contribution in [0.5, 0.6) is 0 Å². The number of imidazole rings is 1. The molecule has 134 valence electrons. The number of carbonyl (C=O) groups is 1. The van der Waals surface area contributed by atoms with Crippen molar-refractivity contribution in [3.63, 3.8) is 0 Å². The zero-order valence-electron chi connectivity index (χ0n) is 15.1. The van der Waals surface area contributed by atoms with E-state index < -0.39 is 5.97 Å². The predicted octanol–water partition coefficient (Wildman–Crippen LogP) is 2.16.